The van der Waals surface area contributed by atoms with Crippen molar-refractivity contribution in [3.8, 4) is 17.4 Å². The molecule has 0 spiro atoms. The van der Waals surface area contributed by atoms with E-state index < -0.39 is 18.2 Å². The number of aromatic nitrogens is 2. The summed E-state index contributed by atoms with van der Waals surface area (Å²) >= 11 is 0. The lowest BCUT2D eigenvalue weighted by Crippen LogP contribution is -2.49. The minimum atomic E-state index is -1.50. The molecule has 0 fully saturated rings. The summed E-state index contributed by atoms with van der Waals surface area (Å²) in [5, 5.41) is 21.2. The summed E-state index contributed by atoms with van der Waals surface area (Å²) in [6, 6.07) is 3.26. The molecule has 2 N–H and O–H groups in total. The fraction of sp³-hybridized carbons (Fsp3) is 0.133. The summed E-state index contributed by atoms with van der Waals surface area (Å²) in [6.07, 6.45) is 2.72. The predicted molar refractivity (Wildman–Crippen MR) is 79.2 cm³/mol. The third-order valence-corrected chi connectivity index (χ3v) is 3.55. The SMILES string of the molecule is CC1=C(C#N)C(c2ncoc2-c2cccnc2)N(C(=O)O)C(=O)N1. The van der Waals surface area contributed by atoms with Crippen LogP contribution in [0.25, 0.3) is 11.3 Å². The van der Waals surface area contributed by atoms with Crippen LogP contribution in [0, 0.1) is 11.3 Å². The molecule has 0 saturated carbocycles. The molecule has 1 aliphatic heterocycles. The molecule has 3 heterocycles. The van der Waals surface area contributed by atoms with Gasteiger partial charge in [-0.1, -0.05) is 0 Å². The van der Waals surface area contributed by atoms with Gasteiger partial charge in [-0.25, -0.2) is 19.5 Å². The van der Waals surface area contributed by atoms with Crippen LogP contribution >= 0.6 is 0 Å². The van der Waals surface area contributed by atoms with E-state index in [-0.39, 0.29) is 22.7 Å². The Morgan fingerprint density at radius 1 is 1.54 bits per heavy atom. The molecular formula is C15H11N5O4. The molecule has 3 amide bonds. The van der Waals surface area contributed by atoms with Crippen LogP contribution in [-0.4, -0.2) is 32.1 Å². The number of hydrogen-bond acceptors (Lipinski definition) is 6. The van der Waals surface area contributed by atoms with Crippen LogP contribution in [0.3, 0.4) is 0 Å². The molecule has 2 aromatic heterocycles. The quantitative estimate of drug-likeness (QED) is 0.865. The van der Waals surface area contributed by atoms with E-state index in [1.54, 1.807) is 18.3 Å². The first-order valence-corrected chi connectivity index (χ1v) is 6.82. The number of nitrogens with zero attached hydrogens (tertiary/aromatic N) is 4. The number of nitriles is 1. The number of rotatable bonds is 2. The molecule has 24 heavy (non-hydrogen) atoms. The van der Waals surface area contributed by atoms with Crippen LogP contribution < -0.4 is 5.32 Å². The van der Waals surface area contributed by atoms with Gasteiger partial charge >= 0.3 is 12.1 Å². The Balaban J connectivity index is 2.21. The van der Waals surface area contributed by atoms with Gasteiger partial charge in [-0.15, -0.1) is 0 Å². The highest BCUT2D eigenvalue weighted by molar-refractivity contribution is 5.93. The standard InChI is InChI=1S/C15H11N5O4/c1-8-10(5-16)12(20(15(22)23)14(21)19-8)11-13(24-7-18-11)9-3-2-4-17-6-9/h2-4,6-7,12H,1H3,(H,19,21)(H,22,23). The minimum Gasteiger partial charge on any atom is -0.465 e. The largest absolute Gasteiger partial charge is 0.465 e. The Morgan fingerprint density at radius 3 is 2.96 bits per heavy atom. The Bertz CT molecular complexity index is 881. The molecule has 2 aromatic rings. The van der Waals surface area contributed by atoms with Gasteiger partial charge in [0.15, 0.2) is 12.2 Å². The van der Waals surface area contributed by atoms with Crippen molar-refractivity contribution < 1.29 is 19.1 Å². The second-order valence-corrected chi connectivity index (χ2v) is 4.94. The van der Waals surface area contributed by atoms with E-state index in [4.69, 9.17) is 4.42 Å². The molecule has 3 rings (SSSR count). The van der Waals surface area contributed by atoms with E-state index in [0.717, 1.165) is 6.39 Å². The lowest BCUT2D eigenvalue weighted by atomic mass is 9.97. The lowest BCUT2D eigenvalue weighted by molar-refractivity contribution is 0.135. The fourth-order valence-electron chi connectivity index (χ4n) is 2.50. The van der Waals surface area contributed by atoms with Crippen molar-refractivity contribution in [2.45, 2.75) is 13.0 Å². The fourth-order valence-corrected chi connectivity index (χ4v) is 2.50. The number of amides is 3. The van der Waals surface area contributed by atoms with Gasteiger partial charge in [0.1, 0.15) is 11.7 Å². The Hall–Kier alpha value is -3.67. The molecule has 0 aromatic carbocycles. The maximum atomic E-state index is 12.1. The molecule has 0 bridgehead atoms. The Kier molecular flexibility index (Phi) is 3.71. The van der Waals surface area contributed by atoms with E-state index in [1.807, 2.05) is 6.07 Å². The highest BCUT2D eigenvalue weighted by atomic mass is 16.4. The Labute approximate surface area is 135 Å². The second kappa shape index (κ2) is 5.85. The number of urea groups is 1. The number of carbonyl (C=O) groups is 2. The molecule has 1 atom stereocenters. The molecule has 0 saturated heterocycles. The van der Waals surface area contributed by atoms with Gasteiger partial charge in [-0.05, 0) is 19.1 Å². The second-order valence-electron chi connectivity index (χ2n) is 4.94. The molecule has 9 heteroatoms. The predicted octanol–water partition coefficient (Wildman–Crippen LogP) is 2.28. The number of allylic oxidation sites excluding steroid dienone is 1. The van der Waals surface area contributed by atoms with Crippen molar-refractivity contribution in [2.75, 3.05) is 0 Å². The molecule has 1 aliphatic rings. The van der Waals surface area contributed by atoms with Gasteiger partial charge in [0.2, 0.25) is 0 Å². The summed E-state index contributed by atoms with van der Waals surface area (Å²) in [5.41, 5.74) is 1.04. The molecule has 0 aliphatic carbocycles. The highest BCUT2D eigenvalue weighted by Gasteiger charge is 2.41. The van der Waals surface area contributed by atoms with Gasteiger partial charge in [0.25, 0.3) is 0 Å². The minimum absolute atomic E-state index is 0.0658. The summed E-state index contributed by atoms with van der Waals surface area (Å²) in [6.45, 7) is 1.52. The third-order valence-electron chi connectivity index (χ3n) is 3.55. The lowest BCUT2D eigenvalue weighted by Gasteiger charge is -2.31. The zero-order valence-electron chi connectivity index (χ0n) is 12.4. The van der Waals surface area contributed by atoms with Crippen LogP contribution in [-0.2, 0) is 0 Å². The van der Waals surface area contributed by atoms with Crippen molar-refractivity contribution in [3.63, 3.8) is 0 Å². The van der Waals surface area contributed by atoms with Crippen LogP contribution in [0.2, 0.25) is 0 Å². The zero-order valence-corrected chi connectivity index (χ0v) is 12.4. The number of oxazole rings is 1. The number of hydrogen-bond donors (Lipinski definition) is 2. The Morgan fingerprint density at radius 2 is 2.33 bits per heavy atom. The molecular weight excluding hydrogens is 314 g/mol. The van der Waals surface area contributed by atoms with Gasteiger partial charge in [-0.3, -0.25) is 4.98 Å². The van der Waals surface area contributed by atoms with E-state index in [1.165, 1.54) is 13.1 Å². The normalized spacial score (nSPS) is 17.4. The average Bonchev–Trinajstić information content (AvgIpc) is 3.03. The van der Waals surface area contributed by atoms with Crippen molar-refractivity contribution in [1.29, 1.82) is 5.26 Å². The number of carboxylic acid groups (broad SMARTS) is 1. The third kappa shape index (κ3) is 2.36. The summed E-state index contributed by atoms with van der Waals surface area (Å²) < 4.78 is 5.36. The average molecular weight is 325 g/mol. The van der Waals surface area contributed by atoms with Gasteiger partial charge in [-0.2, -0.15) is 5.26 Å². The zero-order chi connectivity index (χ0) is 17.3. The number of pyridine rings is 1. The first-order valence-electron chi connectivity index (χ1n) is 6.82. The van der Waals surface area contributed by atoms with Crippen LogP contribution in [0.15, 0.2) is 46.6 Å². The maximum Gasteiger partial charge on any atom is 0.416 e. The van der Waals surface area contributed by atoms with Crippen LogP contribution in [0.5, 0.6) is 0 Å². The van der Waals surface area contributed by atoms with Crippen molar-refractivity contribution in [3.05, 3.63) is 47.9 Å². The monoisotopic (exact) mass is 325 g/mol. The van der Waals surface area contributed by atoms with Crippen molar-refractivity contribution >= 4 is 12.1 Å². The number of carbonyl (C=O) groups excluding carboxylic acids is 1. The van der Waals surface area contributed by atoms with Crippen LogP contribution in [0.1, 0.15) is 18.7 Å². The summed E-state index contributed by atoms with van der Waals surface area (Å²) in [5.74, 6) is 0.245. The van der Waals surface area contributed by atoms with E-state index in [0.29, 0.717) is 10.5 Å². The van der Waals surface area contributed by atoms with E-state index >= 15 is 0 Å². The number of nitrogens with one attached hydrogen (secondary N) is 1. The molecule has 120 valence electrons. The van der Waals surface area contributed by atoms with Gasteiger partial charge in [0, 0.05) is 23.7 Å². The van der Waals surface area contributed by atoms with E-state index in [2.05, 4.69) is 15.3 Å². The summed E-state index contributed by atoms with van der Waals surface area (Å²) in [4.78, 5) is 32.2. The van der Waals surface area contributed by atoms with Crippen molar-refractivity contribution in [1.82, 2.24) is 20.2 Å². The van der Waals surface area contributed by atoms with Crippen molar-refractivity contribution in [2.24, 2.45) is 0 Å². The van der Waals surface area contributed by atoms with Crippen LogP contribution in [0.4, 0.5) is 9.59 Å². The molecule has 1 unspecified atom stereocenters. The summed E-state index contributed by atoms with van der Waals surface area (Å²) in [7, 11) is 0. The topological polar surface area (TPSA) is 132 Å². The van der Waals surface area contributed by atoms with Gasteiger partial charge in [0.05, 0.1) is 11.6 Å². The maximum absolute atomic E-state index is 12.1. The molecule has 0 radical (unpaired) electrons. The number of imide groups is 1. The van der Waals surface area contributed by atoms with E-state index in [9.17, 15) is 20.0 Å². The van der Waals surface area contributed by atoms with Gasteiger partial charge < -0.3 is 14.8 Å². The molecule has 9 nitrogen and oxygen atoms in total. The first-order chi connectivity index (χ1) is 11.5. The first kappa shape index (κ1) is 15.2. The smallest absolute Gasteiger partial charge is 0.416 e. The highest BCUT2D eigenvalue weighted by Crippen LogP contribution is 2.37.